The summed E-state index contributed by atoms with van der Waals surface area (Å²) in [6, 6.07) is 11.0. The number of nitrogens with one attached hydrogen (secondary N) is 1. The van der Waals surface area contributed by atoms with E-state index in [1.807, 2.05) is 18.7 Å². The van der Waals surface area contributed by atoms with Gasteiger partial charge in [0.15, 0.2) is 0 Å². The van der Waals surface area contributed by atoms with Crippen LogP contribution in [0, 0.1) is 6.92 Å². The van der Waals surface area contributed by atoms with Gasteiger partial charge in [-0.3, -0.25) is 9.10 Å². The molecule has 1 amide bonds. The minimum atomic E-state index is -4.00. The number of anilines is 1. The van der Waals surface area contributed by atoms with E-state index in [0.717, 1.165) is 27.3 Å². The summed E-state index contributed by atoms with van der Waals surface area (Å²) in [5.41, 5.74) is 1.19. The van der Waals surface area contributed by atoms with Crippen molar-refractivity contribution in [3.8, 4) is 0 Å². The molecular weight excluding hydrogens is 499 g/mol. The number of hydrogen-bond acceptors (Lipinski definition) is 4. The van der Waals surface area contributed by atoms with Crippen LogP contribution in [0.1, 0.15) is 44.1 Å². The SMILES string of the molecule is Cc1ccc(S(=O)(=O)N(CC(=O)NCCCSC2CCCCC2)c2cc(Cl)cc(Cl)c2)cc1. The number of sulfonamides is 1. The molecule has 1 aliphatic rings. The first-order chi connectivity index (χ1) is 15.8. The van der Waals surface area contributed by atoms with Gasteiger partial charge in [-0.2, -0.15) is 11.8 Å². The molecule has 33 heavy (non-hydrogen) atoms. The fourth-order valence-electron chi connectivity index (χ4n) is 3.80. The second-order valence-corrected chi connectivity index (χ2v) is 12.4. The predicted octanol–water partition coefficient (Wildman–Crippen LogP) is 6.07. The van der Waals surface area contributed by atoms with Crippen LogP contribution in [-0.4, -0.2) is 38.4 Å². The van der Waals surface area contributed by atoms with Crippen LogP contribution < -0.4 is 9.62 Å². The zero-order chi connectivity index (χ0) is 23.8. The Morgan fingerprint density at radius 1 is 1.06 bits per heavy atom. The summed E-state index contributed by atoms with van der Waals surface area (Å²) < 4.78 is 27.9. The van der Waals surface area contributed by atoms with Crippen molar-refractivity contribution in [2.45, 2.75) is 55.6 Å². The zero-order valence-corrected chi connectivity index (χ0v) is 21.9. The minimum absolute atomic E-state index is 0.0980. The summed E-state index contributed by atoms with van der Waals surface area (Å²) in [7, 11) is -4.00. The van der Waals surface area contributed by atoms with Gasteiger partial charge in [0.1, 0.15) is 6.54 Å². The van der Waals surface area contributed by atoms with Crippen LogP contribution in [0.25, 0.3) is 0 Å². The molecule has 0 aliphatic heterocycles. The van der Waals surface area contributed by atoms with Gasteiger partial charge in [0.2, 0.25) is 5.91 Å². The third-order valence-electron chi connectivity index (χ3n) is 5.58. The van der Waals surface area contributed by atoms with Gasteiger partial charge in [-0.15, -0.1) is 0 Å². The zero-order valence-electron chi connectivity index (χ0n) is 18.7. The number of benzene rings is 2. The number of nitrogens with zero attached hydrogens (tertiary/aromatic N) is 1. The monoisotopic (exact) mass is 528 g/mol. The van der Waals surface area contributed by atoms with E-state index in [4.69, 9.17) is 23.2 Å². The third-order valence-corrected chi connectivity index (χ3v) is 9.27. The van der Waals surface area contributed by atoms with Crippen LogP contribution in [0.15, 0.2) is 47.4 Å². The molecule has 1 N–H and O–H groups in total. The number of carbonyl (C=O) groups excluding carboxylic acids is 1. The minimum Gasteiger partial charge on any atom is -0.354 e. The lowest BCUT2D eigenvalue weighted by Crippen LogP contribution is -2.41. The van der Waals surface area contributed by atoms with Gasteiger partial charge in [-0.1, -0.05) is 60.2 Å². The van der Waals surface area contributed by atoms with Crippen molar-refractivity contribution < 1.29 is 13.2 Å². The van der Waals surface area contributed by atoms with Gasteiger partial charge >= 0.3 is 0 Å². The summed E-state index contributed by atoms with van der Waals surface area (Å²) >= 11 is 14.2. The highest BCUT2D eigenvalue weighted by atomic mass is 35.5. The number of thioether (sulfide) groups is 1. The van der Waals surface area contributed by atoms with Gasteiger partial charge < -0.3 is 5.32 Å². The molecule has 180 valence electrons. The summed E-state index contributed by atoms with van der Waals surface area (Å²) in [4.78, 5) is 12.8. The van der Waals surface area contributed by atoms with E-state index in [0.29, 0.717) is 16.6 Å². The molecule has 2 aromatic carbocycles. The summed E-state index contributed by atoms with van der Waals surface area (Å²) in [6.45, 7) is 2.03. The Morgan fingerprint density at radius 2 is 1.70 bits per heavy atom. The molecule has 1 aliphatic carbocycles. The predicted molar refractivity (Wildman–Crippen MR) is 139 cm³/mol. The quantitative estimate of drug-likeness (QED) is 0.380. The van der Waals surface area contributed by atoms with E-state index in [9.17, 15) is 13.2 Å². The van der Waals surface area contributed by atoms with E-state index in [1.54, 1.807) is 12.1 Å². The Bertz CT molecular complexity index is 1020. The van der Waals surface area contributed by atoms with E-state index in [-0.39, 0.29) is 23.0 Å². The summed E-state index contributed by atoms with van der Waals surface area (Å²) in [5.74, 6) is 0.615. The number of carbonyl (C=O) groups is 1. The smallest absolute Gasteiger partial charge is 0.264 e. The highest BCUT2D eigenvalue weighted by Crippen LogP contribution is 2.30. The van der Waals surface area contributed by atoms with Crippen LogP contribution in [0.2, 0.25) is 10.0 Å². The fourth-order valence-corrected chi connectivity index (χ4v) is 7.03. The van der Waals surface area contributed by atoms with Crippen molar-refractivity contribution in [3.05, 3.63) is 58.1 Å². The van der Waals surface area contributed by atoms with Gasteiger partial charge in [0, 0.05) is 21.8 Å². The molecule has 5 nitrogen and oxygen atoms in total. The first-order valence-electron chi connectivity index (χ1n) is 11.2. The summed E-state index contributed by atoms with van der Waals surface area (Å²) in [5, 5.41) is 4.18. The molecule has 0 unspecified atom stereocenters. The Morgan fingerprint density at radius 3 is 2.33 bits per heavy atom. The molecule has 0 spiro atoms. The van der Waals surface area contributed by atoms with Gasteiger partial charge in [0.05, 0.1) is 10.6 Å². The van der Waals surface area contributed by atoms with Crippen LogP contribution >= 0.6 is 35.0 Å². The lowest BCUT2D eigenvalue weighted by atomic mass is 10.0. The molecule has 0 radical (unpaired) electrons. The average molecular weight is 530 g/mol. The molecule has 1 fully saturated rings. The van der Waals surface area contributed by atoms with Crippen LogP contribution in [0.5, 0.6) is 0 Å². The maximum atomic E-state index is 13.4. The fraction of sp³-hybridized carbons (Fsp3) is 0.458. The molecule has 3 rings (SSSR count). The van der Waals surface area contributed by atoms with Crippen LogP contribution in [-0.2, 0) is 14.8 Å². The van der Waals surface area contributed by atoms with E-state index in [1.165, 1.54) is 62.4 Å². The molecule has 9 heteroatoms. The van der Waals surface area contributed by atoms with Crippen molar-refractivity contribution in [1.29, 1.82) is 0 Å². The first kappa shape index (κ1) is 26.2. The van der Waals surface area contributed by atoms with Gasteiger partial charge in [0.25, 0.3) is 10.0 Å². The largest absolute Gasteiger partial charge is 0.354 e. The second kappa shape index (κ2) is 12.3. The third kappa shape index (κ3) is 7.81. The van der Waals surface area contributed by atoms with Gasteiger partial charge in [-0.05, 0) is 62.3 Å². The molecule has 0 saturated heterocycles. The highest BCUT2D eigenvalue weighted by molar-refractivity contribution is 7.99. The standard InChI is InChI=1S/C24H30Cl2N2O3S2/c1-18-8-10-23(11-9-18)33(30,31)28(21-15-19(25)14-20(26)16-21)17-24(29)27-12-5-13-32-22-6-3-2-4-7-22/h8-11,14-16,22H,2-7,12-13,17H2,1H3,(H,27,29). The molecule has 2 aromatic rings. The molecule has 1 saturated carbocycles. The number of hydrogen-bond donors (Lipinski definition) is 1. The van der Waals surface area contributed by atoms with E-state index < -0.39 is 10.0 Å². The van der Waals surface area contributed by atoms with E-state index in [2.05, 4.69) is 5.32 Å². The van der Waals surface area contributed by atoms with Crippen LogP contribution in [0.4, 0.5) is 5.69 Å². The van der Waals surface area contributed by atoms with Crippen LogP contribution in [0.3, 0.4) is 0 Å². The molecular formula is C24H30Cl2N2O3S2. The number of amides is 1. The van der Waals surface area contributed by atoms with Crippen molar-refractivity contribution in [3.63, 3.8) is 0 Å². The maximum absolute atomic E-state index is 13.4. The Labute approximate surface area is 211 Å². The molecule has 0 bridgehead atoms. The van der Waals surface area contributed by atoms with Crippen molar-refractivity contribution in [2.75, 3.05) is 23.1 Å². The van der Waals surface area contributed by atoms with Crippen molar-refractivity contribution in [2.24, 2.45) is 0 Å². The highest BCUT2D eigenvalue weighted by Gasteiger charge is 2.27. The number of aryl methyl sites for hydroxylation is 1. The lowest BCUT2D eigenvalue weighted by molar-refractivity contribution is -0.119. The normalized spacial score (nSPS) is 14.8. The maximum Gasteiger partial charge on any atom is 0.264 e. The second-order valence-electron chi connectivity index (χ2n) is 8.29. The Kier molecular flexibility index (Phi) is 9.80. The molecule has 0 aromatic heterocycles. The Balaban J connectivity index is 1.66. The number of rotatable bonds is 10. The van der Waals surface area contributed by atoms with Gasteiger partial charge in [-0.25, -0.2) is 8.42 Å². The Hall–Kier alpha value is -1.41. The number of halogens is 2. The topological polar surface area (TPSA) is 66.5 Å². The summed E-state index contributed by atoms with van der Waals surface area (Å²) in [6.07, 6.45) is 7.38. The van der Waals surface area contributed by atoms with Crippen molar-refractivity contribution >= 4 is 56.6 Å². The van der Waals surface area contributed by atoms with E-state index >= 15 is 0 Å². The first-order valence-corrected chi connectivity index (χ1v) is 14.4. The molecule has 0 atom stereocenters. The average Bonchev–Trinajstić information content (AvgIpc) is 2.77. The van der Waals surface area contributed by atoms with Crippen molar-refractivity contribution in [1.82, 2.24) is 5.32 Å². The molecule has 0 heterocycles. The lowest BCUT2D eigenvalue weighted by Gasteiger charge is -2.24.